The molecule has 0 saturated carbocycles. The number of rotatable bonds is 6. The maximum atomic E-state index is 13.7. The van der Waals surface area contributed by atoms with Gasteiger partial charge in [-0.2, -0.15) is 4.57 Å². The van der Waals surface area contributed by atoms with Gasteiger partial charge in [-0.25, -0.2) is 18.0 Å². The highest BCUT2D eigenvalue weighted by molar-refractivity contribution is 7.90. The van der Waals surface area contributed by atoms with Crippen LogP contribution in [0.3, 0.4) is 0 Å². The van der Waals surface area contributed by atoms with Gasteiger partial charge >= 0.3 is 11.7 Å². The van der Waals surface area contributed by atoms with E-state index in [1.165, 1.54) is 42.5 Å². The van der Waals surface area contributed by atoms with E-state index < -0.39 is 32.8 Å². The SMILES string of the molecule is CC(C)(C)OC(=O)C[n+]1ccccc1Cn1c(=O)n(S(=O)(=O)c2ccc(Cl)cc2)c(=O)c2ccc(Cl)cc21.[Br-]. The molecule has 2 aromatic heterocycles. The highest BCUT2D eigenvalue weighted by atomic mass is 79.9. The summed E-state index contributed by atoms with van der Waals surface area (Å²) in [5.41, 5.74) is -2.17. The molecule has 4 aromatic rings. The topological polar surface area (TPSA) is 108 Å². The molecule has 39 heavy (non-hydrogen) atoms. The third-order valence-electron chi connectivity index (χ3n) is 5.50. The van der Waals surface area contributed by atoms with Gasteiger partial charge in [0.05, 0.1) is 15.8 Å². The van der Waals surface area contributed by atoms with Gasteiger partial charge in [-0.3, -0.25) is 9.36 Å². The van der Waals surface area contributed by atoms with Crippen molar-refractivity contribution < 1.29 is 39.5 Å². The normalized spacial score (nSPS) is 11.7. The van der Waals surface area contributed by atoms with Crippen molar-refractivity contribution in [3.63, 3.8) is 0 Å². The van der Waals surface area contributed by atoms with E-state index in [4.69, 9.17) is 27.9 Å². The Morgan fingerprint density at radius 2 is 1.62 bits per heavy atom. The molecule has 206 valence electrons. The largest absolute Gasteiger partial charge is 1.00 e. The molecule has 0 fully saturated rings. The molecule has 0 amide bonds. The highest BCUT2D eigenvalue weighted by Crippen LogP contribution is 2.19. The van der Waals surface area contributed by atoms with E-state index in [1.54, 1.807) is 49.7 Å². The zero-order valence-corrected chi connectivity index (χ0v) is 25.0. The zero-order chi connectivity index (χ0) is 27.8. The third-order valence-corrected chi connectivity index (χ3v) is 7.65. The zero-order valence-electron chi connectivity index (χ0n) is 21.1. The molecule has 0 aliphatic rings. The van der Waals surface area contributed by atoms with Crippen molar-refractivity contribution in [1.29, 1.82) is 0 Å². The summed E-state index contributed by atoms with van der Waals surface area (Å²) >= 11 is 12.1. The van der Waals surface area contributed by atoms with E-state index in [1.807, 2.05) is 0 Å². The van der Waals surface area contributed by atoms with Crippen LogP contribution < -0.4 is 32.8 Å². The van der Waals surface area contributed by atoms with Gasteiger partial charge in [0, 0.05) is 22.2 Å². The number of carbonyl (C=O) groups excluding carboxylic acids is 1. The van der Waals surface area contributed by atoms with Gasteiger partial charge in [0.15, 0.2) is 6.20 Å². The summed E-state index contributed by atoms with van der Waals surface area (Å²) in [4.78, 5) is 39.3. The number of hydrogen-bond donors (Lipinski definition) is 0. The second-order valence-corrected chi connectivity index (χ2v) is 12.1. The van der Waals surface area contributed by atoms with Gasteiger partial charge in [0.25, 0.3) is 15.6 Å². The lowest BCUT2D eigenvalue weighted by molar-refractivity contribution is -0.693. The van der Waals surface area contributed by atoms with Crippen molar-refractivity contribution in [1.82, 2.24) is 8.54 Å². The van der Waals surface area contributed by atoms with Crippen LogP contribution >= 0.6 is 23.2 Å². The molecule has 2 heterocycles. The molecule has 0 aliphatic carbocycles. The summed E-state index contributed by atoms with van der Waals surface area (Å²) < 4.78 is 35.3. The lowest BCUT2D eigenvalue weighted by atomic mass is 10.2. The van der Waals surface area contributed by atoms with Crippen LogP contribution in [0, 0.1) is 0 Å². The van der Waals surface area contributed by atoms with Gasteiger partial charge < -0.3 is 21.7 Å². The molecule has 0 radical (unpaired) electrons. The summed E-state index contributed by atoms with van der Waals surface area (Å²) in [5.74, 6) is -0.495. The van der Waals surface area contributed by atoms with Gasteiger partial charge in [-0.15, -0.1) is 3.97 Å². The number of hydrogen-bond acceptors (Lipinski definition) is 6. The molecule has 0 spiro atoms. The fourth-order valence-corrected chi connectivity index (χ4v) is 5.48. The molecule has 0 atom stereocenters. The lowest BCUT2D eigenvalue weighted by Gasteiger charge is -2.18. The van der Waals surface area contributed by atoms with Crippen molar-refractivity contribution in [2.45, 2.75) is 44.4 Å². The van der Waals surface area contributed by atoms with Crippen LogP contribution in [0.5, 0.6) is 0 Å². The van der Waals surface area contributed by atoms with E-state index in [9.17, 15) is 22.8 Å². The van der Waals surface area contributed by atoms with Gasteiger partial charge in [0.2, 0.25) is 12.2 Å². The minimum Gasteiger partial charge on any atom is -1.00 e. The molecular weight excluding hydrogens is 633 g/mol. The first-order valence-corrected chi connectivity index (χ1v) is 13.6. The maximum absolute atomic E-state index is 13.7. The number of pyridine rings is 1. The Labute approximate surface area is 245 Å². The molecule has 13 heteroatoms. The van der Waals surface area contributed by atoms with Crippen LogP contribution in [0.2, 0.25) is 10.0 Å². The number of nitrogens with zero attached hydrogens (tertiary/aromatic N) is 3. The molecule has 0 saturated heterocycles. The van der Waals surface area contributed by atoms with Gasteiger partial charge in [0.1, 0.15) is 12.1 Å². The van der Waals surface area contributed by atoms with Crippen LogP contribution in [-0.4, -0.2) is 28.5 Å². The van der Waals surface area contributed by atoms with Gasteiger partial charge in [-0.1, -0.05) is 29.3 Å². The second-order valence-electron chi connectivity index (χ2n) is 9.47. The van der Waals surface area contributed by atoms with Crippen molar-refractivity contribution in [2.24, 2.45) is 0 Å². The number of carbonyl (C=O) groups is 1. The van der Waals surface area contributed by atoms with Crippen LogP contribution in [0.15, 0.2) is 81.3 Å². The van der Waals surface area contributed by atoms with Crippen LogP contribution in [0.1, 0.15) is 26.5 Å². The Morgan fingerprint density at radius 3 is 2.26 bits per heavy atom. The van der Waals surface area contributed by atoms with Crippen molar-refractivity contribution in [3.8, 4) is 0 Å². The Bertz CT molecular complexity index is 1780. The Balaban J connectivity index is 0.00000420. The summed E-state index contributed by atoms with van der Waals surface area (Å²) in [6.45, 7) is 4.93. The average molecular weight is 657 g/mol. The number of ether oxygens (including phenoxy) is 1. The summed E-state index contributed by atoms with van der Waals surface area (Å²) in [5, 5.41) is 0.514. The fraction of sp³-hybridized carbons (Fsp3) is 0.231. The molecule has 0 N–H and O–H groups in total. The predicted molar refractivity (Wildman–Crippen MR) is 143 cm³/mol. The van der Waals surface area contributed by atoms with E-state index in [0.717, 1.165) is 4.57 Å². The third kappa shape index (κ3) is 6.60. The van der Waals surface area contributed by atoms with Gasteiger partial charge in [-0.05, 0) is 63.2 Å². The van der Waals surface area contributed by atoms with Crippen LogP contribution in [0.25, 0.3) is 10.9 Å². The first-order chi connectivity index (χ1) is 17.8. The van der Waals surface area contributed by atoms with Crippen LogP contribution in [-0.2, 0) is 32.6 Å². The monoisotopic (exact) mass is 655 g/mol. The molecule has 2 aromatic carbocycles. The first-order valence-electron chi connectivity index (χ1n) is 11.4. The Kier molecular flexibility index (Phi) is 9.11. The Morgan fingerprint density at radius 1 is 0.974 bits per heavy atom. The minimum atomic E-state index is -4.58. The standard InChI is InChI=1S/C26H24Cl2N3O6S.BrH/c1-26(2,3)37-23(32)16-29-13-5-4-6-19(29)15-30-22-14-18(28)9-12-21(22)24(33)31(25(30)34)38(35,36)20-10-7-17(27)8-11-20;/h4-14H,15-16H2,1-3H3;1H/q+1;/p-1. The second kappa shape index (κ2) is 11.6. The van der Waals surface area contributed by atoms with Crippen molar-refractivity contribution in [3.05, 3.63) is 103 Å². The first kappa shape index (κ1) is 30.6. The quantitative estimate of drug-likeness (QED) is 0.220. The average Bonchev–Trinajstić information content (AvgIpc) is 2.81. The smallest absolute Gasteiger partial charge is 0.373 e. The molecule has 0 bridgehead atoms. The van der Waals surface area contributed by atoms with E-state index in [0.29, 0.717) is 10.7 Å². The number of benzene rings is 2. The predicted octanol–water partition coefficient (Wildman–Crippen LogP) is 0.389. The molecular formula is C26H24BrCl2N3O6S. The van der Waals surface area contributed by atoms with Crippen LogP contribution in [0.4, 0.5) is 0 Å². The molecule has 9 nitrogen and oxygen atoms in total. The van der Waals surface area contributed by atoms with Crippen molar-refractivity contribution in [2.75, 3.05) is 0 Å². The van der Waals surface area contributed by atoms with E-state index in [2.05, 4.69) is 0 Å². The minimum absolute atomic E-state index is 0. The number of esters is 1. The van der Waals surface area contributed by atoms with E-state index >= 15 is 0 Å². The number of aromatic nitrogens is 3. The summed E-state index contributed by atoms with van der Waals surface area (Å²) in [6.07, 6.45) is 1.64. The lowest BCUT2D eigenvalue weighted by Crippen LogP contribution is -3.00. The summed E-state index contributed by atoms with van der Waals surface area (Å²) in [7, 11) is -4.58. The van der Waals surface area contributed by atoms with Crippen molar-refractivity contribution >= 4 is 50.1 Å². The Hall–Kier alpha value is -2.99. The highest BCUT2D eigenvalue weighted by Gasteiger charge is 2.27. The fourth-order valence-electron chi connectivity index (χ4n) is 3.88. The number of halogens is 3. The molecule has 0 unspecified atom stereocenters. The molecule has 4 rings (SSSR count). The number of fused-ring (bicyclic) bond motifs is 1. The maximum Gasteiger partial charge on any atom is 0.373 e. The summed E-state index contributed by atoms with van der Waals surface area (Å²) in [6, 6.07) is 14.4. The van der Waals surface area contributed by atoms with E-state index in [-0.39, 0.29) is 54.9 Å². The molecule has 0 aliphatic heterocycles.